The van der Waals surface area contributed by atoms with Crippen molar-refractivity contribution in [1.82, 2.24) is 4.90 Å². The normalized spacial score (nSPS) is 26.6. The van der Waals surface area contributed by atoms with Gasteiger partial charge >= 0.3 is 0 Å². The van der Waals surface area contributed by atoms with Gasteiger partial charge in [0.05, 0.1) is 6.26 Å². The van der Waals surface area contributed by atoms with Crippen LogP contribution in [0.4, 0.5) is 0 Å². The van der Waals surface area contributed by atoms with E-state index in [0.29, 0.717) is 18.0 Å². The summed E-state index contributed by atoms with van der Waals surface area (Å²) in [6.07, 6.45) is 6.64. The van der Waals surface area contributed by atoms with E-state index in [1.807, 2.05) is 6.07 Å². The summed E-state index contributed by atoms with van der Waals surface area (Å²) in [7, 11) is 2.23. The van der Waals surface area contributed by atoms with Crippen molar-refractivity contribution in [3.8, 4) is 0 Å². The highest BCUT2D eigenvalue weighted by molar-refractivity contribution is 5.00. The molecule has 17 heavy (non-hydrogen) atoms. The lowest BCUT2D eigenvalue weighted by molar-refractivity contribution is 0.147. The quantitative estimate of drug-likeness (QED) is 0.852. The lowest BCUT2D eigenvalue weighted by atomic mass is 10.0. The Morgan fingerprint density at radius 2 is 2.35 bits per heavy atom. The van der Waals surface area contributed by atoms with Crippen LogP contribution in [-0.2, 0) is 6.42 Å². The van der Waals surface area contributed by atoms with Gasteiger partial charge in [-0.1, -0.05) is 6.42 Å². The van der Waals surface area contributed by atoms with Gasteiger partial charge in [0.1, 0.15) is 5.76 Å². The van der Waals surface area contributed by atoms with Gasteiger partial charge in [0.15, 0.2) is 0 Å². The fraction of sp³-hybridized carbons (Fsp3) is 0.714. The van der Waals surface area contributed by atoms with Gasteiger partial charge in [0.25, 0.3) is 0 Å². The Morgan fingerprint density at radius 1 is 1.53 bits per heavy atom. The Hall–Kier alpha value is -0.800. The minimum atomic E-state index is 0.512. The lowest BCUT2D eigenvalue weighted by Crippen LogP contribution is -2.43. The molecule has 1 aromatic heterocycles. The standard InChI is InChI=1S/C14H24N2O/c1-11(9-13-6-4-8-17-13)16(2)14-7-3-5-12(14)10-15/h4,6,8,11-12,14H,3,5,7,9-10,15H2,1-2H3. The average molecular weight is 236 g/mol. The average Bonchev–Trinajstić information content (AvgIpc) is 2.97. The zero-order chi connectivity index (χ0) is 12.3. The van der Waals surface area contributed by atoms with E-state index in [-0.39, 0.29) is 0 Å². The molecule has 1 aliphatic rings. The predicted molar refractivity (Wildman–Crippen MR) is 69.8 cm³/mol. The maximum absolute atomic E-state index is 5.85. The second-order valence-electron chi connectivity index (χ2n) is 5.29. The molecule has 1 saturated carbocycles. The first kappa shape index (κ1) is 12.7. The van der Waals surface area contributed by atoms with Crippen LogP contribution in [0.1, 0.15) is 31.9 Å². The van der Waals surface area contributed by atoms with Gasteiger partial charge in [-0.15, -0.1) is 0 Å². The van der Waals surface area contributed by atoms with Crippen molar-refractivity contribution in [2.75, 3.05) is 13.6 Å². The molecule has 3 unspecified atom stereocenters. The van der Waals surface area contributed by atoms with Gasteiger partial charge < -0.3 is 10.2 Å². The molecule has 0 aromatic carbocycles. The van der Waals surface area contributed by atoms with Crippen molar-refractivity contribution >= 4 is 0 Å². The maximum atomic E-state index is 5.85. The molecule has 3 heteroatoms. The first-order chi connectivity index (χ1) is 8.22. The summed E-state index contributed by atoms with van der Waals surface area (Å²) in [5.41, 5.74) is 5.85. The van der Waals surface area contributed by atoms with Crippen LogP contribution >= 0.6 is 0 Å². The van der Waals surface area contributed by atoms with Crippen LogP contribution in [0.2, 0.25) is 0 Å². The summed E-state index contributed by atoms with van der Waals surface area (Å²) in [5, 5.41) is 0. The largest absolute Gasteiger partial charge is 0.469 e. The summed E-state index contributed by atoms with van der Waals surface area (Å²) in [6.45, 7) is 3.09. The summed E-state index contributed by atoms with van der Waals surface area (Å²) in [5.74, 6) is 1.76. The van der Waals surface area contributed by atoms with E-state index in [9.17, 15) is 0 Å². The molecule has 2 rings (SSSR count). The first-order valence-corrected chi connectivity index (χ1v) is 6.66. The molecular weight excluding hydrogens is 212 g/mol. The Morgan fingerprint density at radius 3 is 3.00 bits per heavy atom. The van der Waals surface area contributed by atoms with Gasteiger partial charge in [0, 0.05) is 18.5 Å². The Labute approximate surface area is 104 Å². The number of likely N-dealkylation sites (N-methyl/N-ethyl adjacent to an activating group) is 1. The summed E-state index contributed by atoms with van der Waals surface area (Å²) in [6, 6.07) is 5.18. The Balaban J connectivity index is 1.92. The van der Waals surface area contributed by atoms with Gasteiger partial charge in [-0.25, -0.2) is 0 Å². The zero-order valence-corrected chi connectivity index (χ0v) is 10.9. The number of rotatable bonds is 5. The van der Waals surface area contributed by atoms with Gasteiger partial charge in [-0.2, -0.15) is 0 Å². The van der Waals surface area contributed by atoms with Crippen molar-refractivity contribution < 1.29 is 4.42 Å². The summed E-state index contributed by atoms with van der Waals surface area (Å²) in [4.78, 5) is 2.49. The number of nitrogens with two attached hydrogens (primary N) is 1. The second kappa shape index (κ2) is 5.69. The molecule has 0 amide bonds. The maximum Gasteiger partial charge on any atom is 0.105 e. The third-order valence-electron chi connectivity index (χ3n) is 4.22. The van der Waals surface area contributed by atoms with Gasteiger partial charge in [-0.3, -0.25) is 4.90 Å². The van der Waals surface area contributed by atoms with Crippen LogP contribution in [0.15, 0.2) is 22.8 Å². The fourth-order valence-corrected chi connectivity index (χ4v) is 3.02. The molecule has 1 aliphatic carbocycles. The fourth-order valence-electron chi connectivity index (χ4n) is 3.02. The molecule has 1 fully saturated rings. The van der Waals surface area contributed by atoms with Crippen molar-refractivity contribution in [2.24, 2.45) is 11.7 Å². The molecule has 0 spiro atoms. The Bertz CT molecular complexity index is 323. The monoisotopic (exact) mass is 236 g/mol. The molecule has 0 aliphatic heterocycles. The smallest absolute Gasteiger partial charge is 0.105 e. The SMILES string of the molecule is CC(Cc1ccco1)N(C)C1CCCC1CN. The van der Waals surface area contributed by atoms with Gasteiger partial charge in [-0.05, 0) is 51.4 Å². The molecule has 1 heterocycles. The van der Waals surface area contributed by atoms with E-state index in [4.69, 9.17) is 10.2 Å². The van der Waals surface area contributed by atoms with Crippen molar-refractivity contribution in [1.29, 1.82) is 0 Å². The third-order valence-corrected chi connectivity index (χ3v) is 4.22. The van der Waals surface area contributed by atoms with Crippen molar-refractivity contribution in [3.63, 3.8) is 0 Å². The van der Waals surface area contributed by atoms with E-state index < -0.39 is 0 Å². The minimum Gasteiger partial charge on any atom is -0.469 e. The minimum absolute atomic E-state index is 0.512. The van der Waals surface area contributed by atoms with E-state index in [0.717, 1.165) is 18.7 Å². The molecule has 0 radical (unpaired) electrons. The van der Waals surface area contributed by atoms with Crippen LogP contribution in [0.3, 0.4) is 0 Å². The van der Waals surface area contributed by atoms with Crippen LogP contribution in [-0.4, -0.2) is 30.6 Å². The van der Waals surface area contributed by atoms with Crippen LogP contribution in [0.25, 0.3) is 0 Å². The molecule has 96 valence electrons. The molecule has 1 aromatic rings. The van der Waals surface area contributed by atoms with Crippen LogP contribution in [0.5, 0.6) is 0 Å². The molecule has 0 bridgehead atoms. The summed E-state index contributed by atoms with van der Waals surface area (Å²) < 4.78 is 5.42. The van der Waals surface area contributed by atoms with Crippen molar-refractivity contribution in [2.45, 2.75) is 44.7 Å². The van der Waals surface area contributed by atoms with Crippen LogP contribution in [0, 0.1) is 5.92 Å². The highest BCUT2D eigenvalue weighted by atomic mass is 16.3. The van der Waals surface area contributed by atoms with Crippen molar-refractivity contribution in [3.05, 3.63) is 24.2 Å². The number of hydrogen-bond donors (Lipinski definition) is 1. The summed E-state index contributed by atoms with van der Waals surface area (Å²) >= 11 is 0. The number of hydrogen-bond acceptors (Lipinski definition) is 3. The molecule has 0 saturated heterocycles. The topological polar surface area (TPSA) is 42.4 Å². The molecule has 3 nitrogen and oxygen atoms in total. The lowest BCUT2D eigenvalue weighted by Gasteiger charge is -2.33. The van der Waals surface area contributed by atoms with E-state index in [1.165, 1.54) is 19.3 Å². The molecule has 2 N–H and O–H groups in total. The van der Waals surface area contributed by atoms with E-state index in [2.05, 4.69) is 24.9 Å². The highest BCUT2D eigenvalue weighted by Crippen LogP contribution is 2.30. The molecule has 3 atom stereocenters. The Kier molecular flexibility index (Phi) is 4.24. The number of nitrogens with zero attached hydrogens (tertiary/aromatic N) is 1. The predicted octanol–water partition coefficient (Wildman–Crippen LogP) is 2.27. The van der Waals surface area contributed by atoms with Crippen LogP contribution < -0.4 is 5.73 Å². The van der Waals surface area contributed by atoms with E-state index in [1.54, 1.807) is 6.26 Å². The van der Waals surface area contributed by atoms with E-state index >= 15 is 0 Å². The highest BCUT2D eigenvalue weighted by Gasteiger charge is 2.31. The first-order valence-electron chi connectivity index (χ1n) is 6.66. The third kappa shape index (κ3) is 2.90. The number of furan rings is 1. The second-order valence-corrected chi connectivity index (χ2v) is 5.29. The molecular formula is C14H24N2O. The zero-order valence-electron chi connectivity index (χ0n) is 10.9. The van der Waals surface area contributed by atoms with Gasteiger partial charge in [0.2, 0.25) is 0 Å².